The molecule has 1 aliphatic heterocycles. The topological polar surface area (TPSA) is 154 Å². The number of ether oxygens (including phenoxy) is 2. The Kier molecular flexibility index (Phi) is 7.64. The van der Waals surface area contributed by atoms with Crippen LogP contribution in [-0.4, -0.2) is 50.7 Å². The number of nitrogens with one attached hydrogen (secondary N) is 2. The highest BCUT2D eigenvalue weighted by Crippen LogP contribution is 2.37. The molecule has 0 radical (unpaired) electrons. The van der Waals surface area contributed by atoms with Gasteiger partial charge in [0.25, 0.3) is 5.91 Å². The van der Waals surface area contributed by atoms with Crippen LogP contribution in [0.25, 0.3) is 11.3 Å². The molecule has 0 unspecified atom stereocenters. The zero-order valence-electron chi connectivity index (χ0n) is 23.9. The smallest absolute Gasteiger partial charge is 0.330 e. The molecule has 41 heavy (non-hydrogen) atoms. The Balaban J connectivity index is 1.63. The molecule has 214 valence electrons. The number of carbonyl (C=O) groups is 1. The molecule has 0 spiro atoms. The molecule has 0 saturated heterocycles. The molecule has 0 fully saturated rings. The highest BCUT2D eigenvalue weighted by atomic mass is 16.5. The van der Waals surface area contributed by atoms with E-state index in [0.717, 1.165) is 39.2 Å². The van der Waals surface area contributed by atoms with Crippen LogP contribution in [0.4, 0.5) is 11.5 Å². The molecular formula is C29H34N8O4. The minimum atomic E-state index is -0.457. The quantitative estimate of drug-likeness (QED) is 0.300. The summed E-state index contributed by atoms with van der Waals surface area (Å²) in [5.41, 5.74) is 12.7. The zero-order valence-corrected chi connectivity index (χ0v) is 23.9. The van der Waals surface area contributed by atoms with E-state index in [-0.39, 0.29) is 30.3 Å². The number of nitrogen functional groups attached to an aromatic ring is 1. The Bertz CT molecular complexity index is 1740. The number of benzene rings is 2. The van der Waals surface area contributed by atoms with E-state index in [9.17, 15) is 9.59 Å². The number of methoxy groups -OCH3 is 1. The molecule has 0 saturated carbocycles. The van der Waals surface area contributed by atoms with Gasteiger partial charge in [0, 0.05) is 31.3 Å². The number of carbonyl (C=O) groups excluding carboxylic acids is 1. The maximum Gasteiger partial charge on any atom is 0.330 e. The average Bonchev–Trinajstić information content (AvgIpc) is 3.37. The van der Waals surface area contributed by atoms with Crippen LogP contribution in [0.1, 0.15) is 39.7 Å². The minimum Gasteiger partial charge on any atom is -0.493 e. The van der Waals surface area contributed by atoms with Crippen LogP contribution in [0, 0.1) is 20.8 Å². The van der Waals surface area contributed by atoms with Crippen LogP contribution in [0.2, 0.25) is 0 Å². The maximum atomic E-state index is 14.0. The lowest BCUT2D eigenvalue weighted by molar-refractivity contribution is 0.0947. The van der Waals surface area contributed by atoms with Gasteiger partial charge in [0.1, 0.15) is 5.49 Å². The van der Waals surface area contributed by atoms with Gasteiger partial charge in [0.2, 0.25) is 0 Å². The van der Waals surface area contributed by atoms with Gasteiger partial charge in [-0.2, -0.15) is 0 Å². The van der Waals surface area contributed by atoms with Crippen molar-refractivity contribution in [3.05, 3.63) is 74.3 Å². The normalized spacial score (nSPS) is 12.6. The molecule has 0 bridgehead atoms. The van der Waals surface area contributed by atoms with E-state index in [1.54, 1.807) is 16.2 Å². The zero-order chi connectivity index (χ0) is 29.3. The highest BCUT2D eigenvalue weighted by molar-refractivity contribution is 5.96. The summed E-state index contributed by atoms with van der Waals surface area (Å²) >= 11 is 0. The first-order valence-electron chi connectivity index (χ1n) is 13.5. The van der Waals surface area contributed by atoms with Gasteiger partial charge in [-0.3, -0.25) is 19.0 Å². The molecule has 12 nitrogen and oxygen atoms in total. The van der Waals surface area contributed by atoms with E-state index in [4.69, 9.17) is 20.2 Å². The summed E-state index contributed by atoms with van der Waals surface area (Å²) in [5, 5.41) is 12.4. The van der Waals surface area contributed by atoms with Gasteiger partial charge in [0.15, 0.2) is 23.0 Å². The first kappa shape index (κ1) is 27.7. The summed E-state index contributed by atoms with van der Waals surface area (Å²) in [6.07, 6.45) is 0.655. The Morgan fingerprint density at radius 1 is 1.15 bits per heavy atom. The number of hydrogen-bond acceptors (Lipinski definition) is 8. The molecule has 0 atom stereocenters. The minimum absolute atomic E-state index is 0.00611. The number of fused-ring (bicyclic) bond motifs is 3. The monoisotopic (exact) mass is 558 g/mol. The number of nitrogens with zero attached hydrogens (tertiary/aromatic N) is 5. The second-order valence-electron chi connectivity index (χ2n) is 10.0. The number of aromatic nitrogens is 5. The molecule has 12 heteroatoms. The van der Waals surface area contributed by atoms with Crippen LogP contribution in [-0.2, 0) is 19.5 Å². The fraction of sp³-hybridized carbons (Fsp3) is 0.345. The number of hydrogen-bond donors (Lipinski definition) is 3. The predicted octanol–water partition coefficient (Wildman–Crippen LogP) is 2.57. The SMILES string of the molecule is CCOc1cc2c(cc1OC)-c1c/c(=N\c3c(C)cc(C)cc3C)n(CCNC(=O)c3[nH]nnc3N)c(=O)n1CC2. The number of nitrogens with two attached hydrogens (primary N) is 1. The van der Waals surface area contributed by atoms with Gasteiger partial charge in [-0.25, -0.2) is 9.79 Å². The third kappa shape index (κ3) is 5.32. The molecule has 1 amide bonds. The van der Waals surface area contributed by atoms with Crippen molar-refractivity contribution in [2.24, 2.45) is 4.99 Å². The third-order valence-electron chi connectivity index (χ3n) is 7.15. The predicted molar refractivity (Wildman–Crippen MR) is 155 cm³/mol. The molecule has 0 aliphatic carbocycles. The van der Waals surface area contributed by atoms with Crippen LogP contribution in [0.5, 0.6) is 11.5 Å². The van der Waals surface area contributed by atoms with Crippen molar-refractivity contribution in [2.75, 3.05) is 26.0 Å². The van der Waals surface area contributed by atoms with Crippen LogP contribution in [0.3, 0.4) is 0 Å². The first-order valence-corrected chi connectivity index (χ1v) is 13.5. The van der Waals surface area contributed by atoms with Gasteiger partial charge in [-0.05, 0) is 62.9 Å². The van der Waals surface area contributed by atoms with E-state index < -0.39 is 5.91 Å². The maximum absolute atomic E-state index is 14.0. The summed E-state index contributed by atoms with van der Waals surface area (Å²) in [7, 11) is 1.60. The lowest BCUT2D eigenvalue weighted by Crippen LogP contribution is -2.44. The molecular weight excluding hydrogens is 524 g/mol. The third-order valence-corrected chi connectivity index (χ3v) is 7.15. The molecule has 2 aromatic heterocycles. The standard InChI is InChI=1S/C29H34N8O4/c1-6-41-23-13-19-7-9-36-21(20(19)14-22(23)40-5)15-24(32-25-17(3)11-16(2)12-18(25)4)37(29(36)39)10-8-31-28(38)26-27(30)34-35-33-26/h11-15H,6-10H2,1-5H3,(H,31,38)(H3,30,33,34,35)/b32-24+. The molecule has 4 N–H and O–H groups in total. The van der Waals surface area contributed by atoms with Crippen LogP contribution in [0.15, 0.2) is 40.1 Å². The van der Waals surface area contributed by atoms with Crippen molar-refractivity contribution >= 4 is 17.4 Å². The Morgan fingerprint density at radius 3 is 2.56 bits per heavy atom. The van der Waals surface area contributed by atoms with Gasteiger partial charge in [0.05, 0.1) is 25.1 Å². The van der Waals surface area contributed by atoms with E-state index in [0.29, 0.717) is 36.6 Å². The average molecular weight is 559 g/mol. The number of rotatable bonds is 8. The van der Waals surface area contributed by atoms with Crippen molar-refractivity contribution in [3.8, 4) is 22.8 Å². The number of H-pyrrole nitrogens is 1. The number of amides is 1. The van der Waals surface area contributed by atoms with E-state index in [1.165, 1.54) is 0 Å². The summed E-state index contributed by atoms with van der Waals surface area (Å²) in [5.74, 6) is 0.824. The summed E-state index contributed by atoms with van der Waals surface area (Å²) in [4.78, 5) is 31.6. The van der Waals surface area contributed by atoms with Crippen LogP contribution < -0.4 is 31.7 Å². The largest absolute Gasteiger partial charge is 0.493 e. The Hall–Kier alpha value is -4.87. The van der Waals surface area contributed by atoms with E-state index in [1.807, 2.05) is 45.9 Å². The van der Waals surface area contributed by atoms with Crippen molar-refractivity contribution in [1.82, 2.24) is 29.9 Å². The summed E-state index contributed by atoms with van der Waals surface area (Å²) in [6.45, 7) is 9.34. The fourth-order valence-electron chi connectivity index (χ4n) is 5.31. The van der Waals surface area contributed by atoms with Crippen molar-refractivity contribution in [3.63, 3.8) is 0 Å². The first-order chi connectivity index (χ1) is 19.7. The molecule has 2 aromatic carbocycles. The van der Waals surface area contributed by atoms with Crippen molar-refractivity contribution in [1.29, 1.82) is 0 Å². The second kappa shape index (κ2) is 11.3. The number of aromatic amines is 1. The van der Waals surface area contributed by atoms with Gasteiger partial charge >= 0.3 is 5.69 Å². The number of aryl methyl sites for hydroxylation is 4. The van der Waals surface area contributed by atoms with Gasteiger partial charge in [-0.15, -0.1) is 5.10 Å². The second-order valence-corrected chi connectivity index (χ2v) is 10.0. The lowest BCUT2D eigenvalue weighted by Gasteiger charge is -2.25. The summed E-state index contributed by atoms with van der Waals surface area (Å²) in [6, 6.07) is 9.98. The summed E-state index contributed by atoms with van der Waals surface area (Å²) < 4.78 is 14.7. The molecule has 1 aliphatic rings. The molecule has 3 heterocycles. The van der Waals surface area contributed by atoms with Crippen molar-refractivity contribution in [2.45, 2.75) is 47.2 Å². The van der Waals surface area contributed by atoms with Gasteiger partial charge in [-0.1, -0.05) is 22.9 Å². The van der Waals surface area contributed by atoms with Crippen LogP contribution >= 0.6 is 0 Å². The van der Waals surface area contributed by atoms with E-state index in [2.05, 4.69) is 32.9 Å². The number of anilines is 1. The molecule has 4 aromatic rings. The van der Waals surface area contributed by atoms with E-state index >= 15 is 0 Å². The lowest BCUT2D eigenvalue weighted by atomic mass is 9.97. The van der Waals surface area contributed by atoms with Gasteiger partial charge < -0.3 is 20.5 Å². The highest BCUT2D eigenvalue weighted by Gasteiger charge is 2.23. The molecule has 5 rings (SSSR count). The fourth-order valence-corrected chi connectivity index (χ4v) is 5.31. The Labute approximate surface area is 236 Å². The van der Waals surface area contributed by atoms with Crippen molar-refractivity contribution < 1.29 is 14.3 Å². The Morgan fingerprint density at radius 2 is 1.90 bits per heavy atom.